The Hall–Kier alpha value is -2.18. The summed E-state index contributed by atoms with van der Waals surface area (Å²) in [4.78, 5) is 24.3. The molecule has 4 nitrogen and oxygen atoms in total. The van der Waals surface area contributed by atoms with Crippen molar-refractivity contribution < 1.29 is 14.7 Å². The molecule has 1 amide bonds. The number of benzene rings is 2. The number of hydrogen-bond acceptors (Lipinski definition) is 5. The van der Waals surface area contributed by atoms with Crippen molar-refractivity contribution in [3.8, 4) is 0 Å². The molecule has 22 heavy (non-hydrogen) atoms. The van der Waals surface area contributed by atoms with Gasteiger partial charge < -0.3 is 9.90 Å². The van der Waals surface area contributed by atoms with Gasteiger partial charge in [-0.25, -0.2) is 0 Å². The smallest absolute Gasteiger partial charge is 0.266 e. The Kier molecular flexibility index (Phi) is 3.96. The number of thioether (sulfide) groups is 1. The minimum Gasteiger partial charge on any atom is -0.548 e. The third-order valence-corrected chi connectivity index (χ3v) is 4.61. The fourth-order valence-electron chi connectivity index (χ4n) is 2.21. The van der Waals surface area contributed by atoms with E-state index in [4.69, 9.17) is 12.2 Å². The Morgan fingerprint density at radius 1 is 1.23 bits per heavy atom. The van der Waals surface area contributed by atoms with Crippen LogP contribution in [0.2, 0.25) is 0 Å². The minimum absolute atomic E-state index is 0.237. The lowest BCUT2D eigenvalue weighted by Crippen LogP contribution is -2.40. The van der Waals surface area contributed by atoms with Crippen molar-refractivity contribution in [2.24, 2.45) is 0 Å². The maximum Gasteiger partial charge on any atom is 0.266 e. The molecular weight excluding hydrogens is 318 g/mol. The van der Waals surface area contributed by atoms with E-state index in [1.54, 1.807) is 6.08 Å². The second-order valence-corrected chi connectivity index (χ2v) is 6.42. The number of carboxylic acids is 1. The van der Waals surface area contributed by atoms with Crippen LogP contribution in [0.15, 0.2) is 47.4 Å². The highest BCUT2D eigenvalue weighted by Crippen LogP contribution is 2.32. The van der Waals surface area contributed by atoms with E-state index in [0.29, 0.717) is 4.91 Å². The van der Waals surface area contributed by atoms with Crippen LogP contribution in [0.4, 0.5) is 0 Å². The SMILES string of the molecule is O=C([O-])CN1C(=O)/C(=C\c2ccc3ccccc3c2)SC1=S. The van der Waals surface area contributed by atoms with Gasteiger partial charge in [0.25, 0.3) is 5.91 Å². The molecule has 0 saturated carbocycles. The molecule has 1 saturated heterocycles. The van der Waals surface area contributed by atoms with Crippen LogP contribution in [0.25, 0.3) is 16.8 Å². The van der Waals surface area contributed by atoms with E-state index in [-0.39, 0.29) is 4.32 Å². The monoisotopic (exact) mass is 328 g/mol. The van der Waals surface area contributed by atoms with E-state index in [2.05, 4.69) is 0 Å². The van der Waals surface area contributed by atoms with E-state index in [9.17, 15) is 14.7 Å². The summed E-state index contributed by atoms with van der Waals surface area (Å²) in [5.41, 5.74) is 0.868. The van der Waals surface area contributed by atoms with E-state index in [0.717, 1.165) is 33.0 Å². The average Bonchev–Trinajstić information content (AvgIpc) is 2.74. The standard InChI is InChI=1S/C16H11NO3S2/c18-14(19)9-17-15(20)13(22-16(17)21)8-10-5-6-11-3-1-2-4-12(11)7-10/h1-8H,9H2,(H,18,19)/p-1/b13-8+. The van der Waals surface area contributed by atoms with Gasteiger partial charge in [-0.15, -0.1) is 0 Å². The summed E-state index contributed by atoms with van der Waals surface area (Å²) in [5.74, 6) is -1.73. The van der Waals surface area contributed by atoms with Gasteiger partial charge in [0.15, 0.2) is 0 Å². The summed E-state index contributed by atoms with van der Waals surface area (Å²) >= 11 is 6.14. The number of carbonyl (C=O) groups is 2. The molecule has 0 unspecified atom stereocenters. The summed E-state index contributed by atoms with van der Waals surface area (Å²) in [6.45, 7) is -0.514. The molecule has 3 rings (SSSR count). The number of fused-ring (bicyclic) bond motifs is 1. The van der Waals surface area contributed by atoms with Gasteiger partial charge in [0, 0.05) is 0 Å². The number of carbonyl (C=O) groups excluding carboxylic acids is 2. The largest absolute Gasteiger partial charge is 0.548 e. The highest BCUT2D eigenvalue weighted by Gasteiger charge is 2.31. The van der Waals surface area contributed by atoms with Crippen molar-refractivity contribution in [2.45, 2.75) is 0 Å². The molecular formula is C16H10NO3S2-. The zero-order valence-electron chi connectivity index (χ0n) is 11.3. The first kappa shape index (κ1) is 14.7. The summed E-state index contributed by atoms with van der Waals surface area (Å²) < 4.78 is 0.237. The van der Waals surface area contributed by atoms with Crippen LogP contribution in [0, 0.1) is 0 Å². The molecule has 0 spiro atoms. The van der Waals surface area contributed by atoms with Gasteiger partial charge in [-0.3, -0.25) is 9.69 Å². The van der Waals surface area contributed by atoms with Gasteiger partial charge in [0.2, 0.25) is 0 Å². The van der Waals surface area contributed by atoms with Crippen LogP contribution in [-0.4, -0.2) is 27.6 Å². The van der Waals surface area contributed by atoms with E-state index < -0.39 is 18.4 Å². The molecule has 0 aromatic heterocycles. The fraction of sp³-hybridized carbons (Fsp3) is 0.0625. The number of amides is 1. The number of carboxylic acid groups (broad SMARTS) is 1. The lowest BCUT2D eigenvalue weighted by molar-refractivity contribution is -0.305. The van der Waals surface area contributed by atoms with Crippen molar-refractivity contribution in [1.29, 1.82) is 0 Å². The van der Waals surface area contributed by atoms with Crippen LogP contribution in [0.5, 0.6) is 0 Å². The predicted octanol–water partition coefficient (Wildman–Crippen LogP) is 1.79. The summed E-state index contributed by atoms with van der Waals surface area (Å²) in [6, 6.07) is 13.8. The van der Waals surface area contributed by atoms with Crippen LogP contribution in [-0.2, 0) is 9.59 Å². The molecule has 0 atom stereocenters. The maximum absolute atomic E-state index is 12.2. The minimum atomic E-state index is -1.33. The molecule has 1 aliphatic rings. The van der Waals surface area contributed by atoms with Crippen molar-refractivity contribution in [3.05, 3.63) is 52.9 Å². The molecule has 0 bridgehead atoms. The van der Waals surface area contributed by atoms with E-state index >= 15 is 0 Å². The molecule has 0 radical (unpaired) electrons. The van der Waals surface area contributed by atoms with E-state index in [1.165, 1.54) is 0 Å². The molecule has 2 aromatic carbocycles. The topological polar surface area (TPSA) is 60.4 Å². The van der Waals surface area contributed by atoms with Gasteiger partial charge in [-0.2, -0.15) is 0 Å². The molecule has 1 fully saturated rings. The number of hydrogen-bond donors (Lipinski definition) is 0. The Bertz CT molecular complexity index is 829. The van der Waals surface area contributed by atoms with Gasteiger partial charge in [0.1, 0.15) is 4.32 Å². The summed E-state index contributed by atoms with van der Waals surface area (Å²) in [7, 11) is 0. The summed E-state index contributed by atoms with van der Waals surface area (Å²) in [5, 5.41) is 12.9. The molecule has 1 aliphatic heterocycles. The van der Waals surface area contributed by atoms with Crippen LogP contribution in [0.3, 0.4) is 0 Å². The van der Waals surface area contributed by atoms with Crippen molar-refractivity contribution >= 4 is 57.0 Å². The first-order chi connectivity index (χ1) is 10.5. The van der Waals surface area contributed by atoms with Gasteiger partial charge >= 0.3 is 0 Å². The predicted molar refractivity (Wildman–Crippen MR) is 88.8 cm³/mol. The highest BCUT2D eigenvalue weighted by molar-refractivity contribution is 8.26. The molecule has 0 N–H and O–H groups in total. The Morgan fingerprint density at radius 2 is 1.95 bits per heavy atom. The van der Waals surface area contributed by atoms with Gasteiger partial charge in [0.05, 0.1) is 17.4 Å². The second-order valence-electron chi connectivity index (χ2n) is 4.75. The lowest BCUT2D eigenvalue weighted by atomic mass is 10.1. The first-order valence-corrected chi connectivity index (χ1v) is 7.71. The van der Waals surface area contributed by atoms with Crippen molar-refractivity contribution in [3.63, 3.8) is 0 Å². The third-order valence-electron chi connectivity index (χ3n) is 3.23. The Labute approximate surface area is 136 Å². The molecule has 0 aliphatic carbocycles. The summed E-state index contributed by atoms with van der Waals surface area (Å²) in [6.07, 6.45) is 1.72. The van der Waals surface area contributed by atoms with Crippen LogP contribution < -0.4 is 5.11 Å². The average molecular weight is 328 g/mol. The van der Waals surface area contributed by atoms with Gasteiger partial charge in [-0.1, -0.05) is 60.4 Å². The van der Waals surface area contributed by atoms with Crippen molar-refractivity contribution in [2.75, 3.05) is 6.54 Å². The first-order valence-electron chi connectivity index (χ1n) is 6.48. The molecule has 1 heterocycles. The Morgan fingerprint density at radius 3 is 2.68 bits per heavy atom. The number of nitrogens with zero attached hydrogens (tertiary/aromatic N) is 1. The second kappa shape index (κ2) is 5.90. The zero-order valence-corrected chi connectivity index (χ0v) is 12.9. The third kappa shape index (κ3) is 2.88. The maximum atomic E-state index is 12.2. The Balaban J connectivity index is 1.92. The highest BCUT2D eigenvalue weighted by atomic mass is 32.2. The normalized spacial score (nSPS) is 16.7. The molecule has 2 aromatic rings. The van der Waals surface area contributed by atoms with Gasteiger partial charge in [-0.05, 0) is 28.5 Å². The van der Waals surface area contributed by atoms with Crippen molar-refractivity contribution in [1.82, 2.24) is 4.90 Å². The number of aliphatic carboxylic acids is 1. The lowest BCUT2D eigenvalue weighted by Gasteiger charge is -2.14. The zero-order chi connectivity index (χ0) is 15.7. The number of rotatable bonds is 3. The molecule has 6 heteroatoms. The molecule has 110 valence electrons. The quantitative estimate of drug-likeness (QED) is 0.635. The van der Waals surface area contributed by atoms with E-state index in [1.807, 2.05) is 42.5 Å². The number of thiocarbonyl (C=S) groups is 1. The van der Waals surface area contributed by atoms with Crippen LogP contribution in [0.1, 0.15) is 5.56 Å². The fourth-order valence-corrected chi connectivity index (χ4v) is 3.47. The van der Waals surface area contributed by atoms with Crippen LogP contribution >= 0.6 is 24.0 Å².